The van der Waals surface area contributed by atoms with Gasteiger partial charge >= 0.3 is 12.2 Å². The lowest BCUT2D eigenvalue weighted by Gasteiger charge is -2.36. The van der Waals surface area contributed by atoms with Gasteiger partial charge in [-0.3, -0.25) is 0 Å². The first kappa shape index (κ1) is 30.5. The molecule has 1 heterocycles. The van der Waals surface area contributed by atoms with Gasteiger partial charge in [0.2, 0.25) is 0 Å². The van der Waals surface area contributed by atoms with Gasteiger partial charge in [-0.05, 0) is 52.7 Å². The predicted molar refractivity (Wildman–Crippen MR) is 136 cm³/mol. The van der Waals surface area contributed by atoms with E-state index >= 15 is 0 Å². The summed E-state index contributed by atoms with van der Waals surface area (Å²) in [4.78, 5) is 26.2. The van der Waals surface area contributed by atoms with Gasteiger partial charge in [0.25, 0.3) is 0 Å². The monoisotopic (exact) mass is 485 g/mol. The molecule has 1 unspecified atom stereocenters. The molecule has 34 heavy (non-hydrogen) atoms. The van der Waals surface area contributed by atoms with Crippen molar-refractivity contribution in [3.05, 3.63) is 0 Å². The number of carbonyl (C=O) groups is 2. The molecule has 1 atom stereocenters. The number of hydrogen-bond acceptors (Lipinski definition) is 6. The van der Waals surface area contributed by atoms with Crippen molar-refractivity contribution in [3.63, 3.8) is 0 Å². The van der Waals surface area contributed by atoms with Crippen LogP contribution < -0.4 is 10.6 Å². The number of alkyl carbamates (subject to hydrolysis) is 2. The van der Waals surface area contributed by atoms with Gasteiger partial charge in [-0.2, -0.15) is 0 Å². The maximum atomic E-state index is 12.1. The van der Waals surface area contributed by atoms with Gasteiger partial charge in [-0.15, -0.1) is 0 Å². The maximum absolute atomic E-state index is 12.1. The fourth-order valence-corrected chi connectivity index (χ4v) is 4.06. The molecule has 2 amide bonds. The van der Waals surface area contributed by atoms with Gasteiger partial charge in [-0.25, -0.2) is 9.59 Å². The lowest BCUT2D eigenvalue weighted by atomic mass is 9.95. The second-order valence-corrected chi connectivity index (χ2v) is 9.83. The Balaban J connectivity index is 2.15. The Kier molecular flexibility index (Phi) is 17.7. The molecule has 0 aromatic heterocycles. The predicted octanol–water partition coefficient (Wildman–Crippen LogP) is 5.25. The zero-order chi connectivity index (χ0) is 24.9. The molecule has 1 rings (SSSR count). The summed E-state index contributed by atoms with van der Waals surface area (Å²) in [6, 6.07) is 0. The smallest absolute Gasteiger partial charge is 0.407 e. The standard InChI is InChI=1S/C26H51N3O5/c1-4-5-6-7-8-9-10-11-12-14-18-27-24(30)32-22-26(17-13-15-21-34-26)23-33-25(31)28-19-16-20-29(2)3/h4-23H2,1-3H3,(H,27,30)(H,28,31). The van der Waals surface area contributed by atoms with Crippen molar-refractivity contribution < 1.29 is 23.8 Å². The normalized spacial score (nSPS) is 18.0. The lowest BCUT2D eigenvalue weighted by Crippen LogP contribution is -2.47. The van der Waals surface area contributed by atoms with E-state index in [1.807, 2.05) is 14.1 Å². The fourth-order valence-electron chi connectivity index (χ4n) is 4.06. The number of amides is 2. The molecule has 0 spiro atoms. The van der Waals surface area contributed by atoms with Gasteiger partial charge in [-0.1, -0.05) is 64.7 Å². The van der Waals surface area contributed by atoms with E-state index in [-0.39, 0.29) is 13.2 Å². The quantitative estimate of drug-likeness (QED) is 0.243. The summed E-state index contributed by atoms with van der Waals surface area (Å²) in [5, 5.41) is 5.59. The summed E-state index contributed by atoms with van der Waals surface area (Å²) in [6.07, 6.45) is 15.2. The molecule has 0 bridgehead atoms. The molecule has 0 radical (unpaired) electrons. The van der Waals surface area contributed by atoms with Crippen LogP contribution in [0.4, 0.5) is 9.59 Å². The fraction of sp³-hybridized carbons (Fsp3) is 0.923. The van der Waals surface area contributed by atoms with E-state index in [0.717, 1.165) is 38.6 Å². The van der Waals surface area contributed by atoms with E-state index in [1.165, 1.54) is 51.4 Å². The summed E-state index contributed by atoms with van der Waals surface area (Å²) < 4.78 is 16.8. The zero-order valence-electron chi connectivity index (χ0n) is 22.1. The third kappa shape index (κ3) is 16.1. The number of rotatable bonds is 19. The number of ether oxygens (including phenoxy) is 3. The van der Waals surface area contributed by atoms with E-state index < -0.39 is 17.8 Å². The minimum Gasteiger partial charge on any atom is -0.446 e. The molecule has 0 saturated carbocycles. The second kappa shape index (κ2) is 19.7. The van der Waals surface area contributed by atoms with Gasteiger partial charge < -0.3 is 29.7 Å². The molecule has 8 nitrogen and oxygen atoms in total. The summed E-state index contributed by atoms with van der Waals surface area (Å²) in [7, 11) is 3.99. The van der Waals surface area contributed by atoms with Crippen molar-refractivity contribution in [1.82, 2.24) is 15.5 Å². The van der Waals surface area contributed by atoms with Crippen LogP contribution in [-0.4, -0.2) is 76.2 Å². The van der Waals surface area contributed by atoms with Crippen molar-refractivity contribution in [2.45, 2.75) is 102 Å². The van der Waals surface area contributed by atoms with Crippen molar-refractivity contribution in [2.24, 2.45) is 0 Å². The van der Waals surface area contributed by atoms with E-state index in [0.29, 0.717) is 26.1 Å². The van der Waals surface area contributed by atoms with Crippen LogP contribution in [0.15, 0.2) is 0 Å². The average Bonchev–Trinajstić information content (AvgIpc) is 2.83. The number of carbonyl (C=O) groups excluding carboxylic acids is 2. The second-order valence-electron chi connectivity index (χ2n) is 9.83. The Hall–Kier alpha value is -1.54. The first-order valence-corrected chi connectivity index (χ1v) is 13.6. The van der Waals surface area contributed by atoms with Crippen LogP contribution >= 0.6 is 0 Å². The Morgan fingerprint density at radius 3 is 1.82 bits per heavy atom. The van der Waals surface area contributed by atoms with Crippen molar-refractivity contribution in [3.8, 4) is 0 Å². The number of nitrogens with one attached hydrogen (secondary N) is 2. The van der Waals surface area contributed by atoms with Gasteiger partial charge in [0.15, 0.2) is 0 Å². The largest absolute Gasteiger partial charge is 0.446 e. The highest BCUT2D eigenvalue weighted by Crippen LogP contribution is 2.26. The minimum absolute atomic E-state index is 0.0816. The van der Waals surface area contributed by atoms with E-state index in [9.17, 15) is 9.59 Å². The van der Waals surface area contributed by atoms with Crippen LogP contribution in [-0.2, 0) is 14.2 Å². The summed E-state index contributed by atoms with van der Waals surface area (Å²) in [6.45, 7) is 5.07. The van der Waals surface area contributed by atoms with Crippen LogP contribution in [0.5, 0.6) is 0 Å². The molecule has 200 valence electrons. The number of nitrogens with zero attached hydrogens (tertiary/aromatic N) is 1. The Labute approximate surface area is 207 Å². The third-order valence-corrected chi connectivity index (χ3v) is 6.22. The van der Waals surface area contributed by atoms with E-state index in [2.05, 4.69) is 22.5 Å². The molecule has 8 heteroatoms. The van der Waals surface area contributed by atoms with Crippen molar-refractivity contribution >= 4 is 12.2 Å². The molecule has 0 aliphatic carbocycles. The maximum Gasteiger partial charge on any atom is 0.407 e. The van der Waals surface area contributed by atoms with E-state index in [1.54, 1.807) is 0 Å². The first-order valence-electron chi connectivity index (χ1n) is 13.6. The highest BCUT2D eigenvalue weighted by Gasteiger charge is 2.36. The summed E-state index contributed by atoms with van der Waals surface area (Å²) in [5.41, 5.74) is -0.756. The van der Waals surface area contributed by atoms with Gasteiger partial charge in [0.05, 0.1) is 0 Å². The highest BCUT2D eigenvalue weighted by molar-refractivity contribution is 5.67. The van der Waals surface area contributed by atoms with E-state index in [4.69, 9.17) is 14.2 Å². The molecule has 0 aromatic carbocycles. The highest BCUT2D eigenvalue weighted by atomic mass is 16.6. The molecule has 1 aliphatic rings. The summed E-state index contributed by atoms with van der Waals surface area (Å²) in [5.74, 6) is 0. The van der Waals surface area contributed by atoms with Crippen LogP contribution in [0.1, 0.15) is 96.8 Å². The van der Waals surface area contributed by atoms with Crippen LogP contribution in [0, 0.1) is 0 Å². The molecule has 1 aliphatic heterocycles. The number of unbranched alkanes of at least 4 members (excludes halogenated alkanes) is 9. The van der Waals surface area contributed by atoms with Gasteiger partial charge in [0.1, 0.15) is 18.8 Å². The molecule has 1 fully saturated rings. The zero-order valence-corrected chi connectivity index (χ0v) is 22.1. The Bertz CT molecular complexity index is 525. The topological polar surface area (TPSA) is 89.1 Å². The lowest BCUT2D eigenvalue weighted by molar-refractivity contribution is -0.134. The molecule has 2 N–H and O–H groups in total. The molecule has 1 saturated heterocycles. The van der Waals surface area contributed by atoms with Crippen LogP contribution in [0.2, 0.25) is 0 Å². The Morgan fingerprint density at radius 1 is 0.794 bits per heavy atom. The minimum atomic E-state index is -0.756. The Morgan fingerprint density at radius 2 is 1.32 bits per heavy atom. The van der Waals surface area contributed by atoms with Crippen molar-refractivity contribution in [1.29, 1.82) is 0 Å². The SMILES string of the molecule is CCCCCCCCCCCCNC(=O)OCC1(COC(=O)NCCCN(C)C)CCCCO1. The van der Waals surface area contributed by atoms with Crippen LogP contribution in [0.3, 0.4) is 0 Å². The van der Waals surface area contributed by atoms with Crippen LogP contribution in [0.25, 0.3) is 0 Å². The molecular weight excluding hydrogens is 434 g/mol. The molecular formula is C26H51N3O5. The molecule has 0 aromatic rings. The third-order valence-electron chi connectivity index (χ3n) is 6.22. The number of hydrogen-bond donors (Lipinski definition) is 2. The summed E-state index contributed by atoms with van der Waals surface area (Å²) >= 11 is 0. The first-order chi connectivity index (χ1) is 16.5. The van der Waals surface area contributed by atoms with Crippen molar-refractivity contribution in [2.75, 3.05) is 53.6 Å². The average molecular weight is 486 g/mol. The van der Waals surface area contributed by atoms with Gasteiger partial charge in [0, 0.05) is 19.7 Å².